The Kier molecular flexibility index (Phi) is 7.79. The lowest BCUT2D eigenvalue weighted by molar-refractivity contribution is 0.145. The molecule has 0 aliphatic heterocycles. The van der Waals surface area contributed by atoms with Crippen molar-refractivity contribution in [2.75, 3.05) is 19.8 Å². The zero-order chi connectivity index (χ0) is 21.3. The van der Waals surface area contributed by atoms with Crippen molar-refractivity contribution in [3.8, 4) is 0 Å². The zero-order valence-corrected chi connectivity index (χ0v) is 18.4. The summed E-state index contributed by atoms with van der Waals surface area (Å²) in [5.74, 6) is 2.47. The van der Waals surface area contributed by atoms with Crippen LogP contribution >= 0.6 is 0 Å². The summed E-state index contributed by atoms with van der Waals surface area (Å²) in [7, 11) is 1.96. The van der Waals surface area contributed by atoms with Gasteiger partial charge in [0, 0.05) is 26.8 Å². The fourth-order valence-electron chi connectivity index (χ4n) is 3.33. The molecule has 0 aliphatic carbocycles. The minimum atomic E-state index is 0.0930. The first-order chi connectivity index (χ1) is 14.6. The van der Waals surface area contributed by atoms with Gasteiger partial charge in [-0.2, -0.15) is 0 Å². The number of ether oxygens (including phenoxy) is 1. The van der Waals surface area contributed by atoms with Crippen molar-refractivity contribution in [1.82, 2.24) is 25.4 Å². The van der Waals surface area contributed by atoms with Crippen molar-refractivity contribution >= 4 is 16.7 Å². The molecule has 0 amide bonds. The van der Waals surface area contributed by atoms with Crippen LogP contribution in [0, 0.1) is 6.92 Å². The van der Waals surface area contributed by atoms with Gasteiger partial charge in [0.1, 0.15) is 12.4 Å². The predicted molar refractivity (Wildman–Crippen MR) is 121 cm³/mol. The van der Waals surface area contributed by atoms with E-state index in [4.69, 9.17) is 9.73 Å². The van der Waals surface area contributed by atoms with E-state index in [1.807, 2.05) is 25.5 Å². The van der Waals surface area contributed by atoms with Gasteiger partial charge in [0.15, 0.2) is 11.8 Å². The Hall–Kier alpha value is -2.93. The van der Waals surface area contributed by atoms with Gasteiger partial charge in [-0.3, -0.25) is 0 Å². The van der Waals surface area contributed by atoms with Crippen molar-refractivity contribution in [2.24, 2.45) is 12.0 Å². The maximum atomic E-state index is 5.44. The highest BCUT2D eigenvalue weighted by molar-refractivity contribution is 5.87. The molecule has 0 spiro atoms. The van der Waals surface area contributed by atoms with Crippen LogP contribution in [0.1, 0.15) is 43.5 Å². The number of guanidine groups is 1. The summed E-state index contributed by atoms with van der Waals surface area (Å²) in [5.41, 5.74) is 1.24. The van der Waals surface area contributed by atoms with E-state index in [2.05, 4.69) is 70.2 Å². The molecule has 7 nitrogen and oxygen atoms in total. The van der Waals surface area contributed by atoms with Crippen LogP contribution in [0.4, 0.5) is 0 Å². The molecule has 3 aromatic rings. The molecule has 7 heteroatoms. The second kappa shape index (κ2) is 10.7. The summed E-state index contributed by atoms with van der Waals surface area (Å²) in [6.45, 7) is 8.82. The number of rotatable bonds is 9. The molecule has 1 atom stereocenters. The molecule has 0 saturated heterocycles. The van der Waals surface area contributed by atoms with Crippen molar-refractivity contribution in [3.63, 3.8) is 0 Å². The van der Waals surface area contributed by atoms with Gasteiger partial charge in [0.25, 0.3) is 0 Å². The van der Waals surface area contributed by atoms with Gasteiger partial charge in [-0.05, 0) is 43.5 Å². The molecule has 0 saturated carbocycles. The fourth-order valence-corrected chi connectivity index (χ4v) is 3.33. The van der Waals surface area contributed by atoms with Crippen LogP contribution in [0.25, 0.3) is 10.8 Å². The van der Waals surface area contributed by atoms with Gasteiger partial charge in [-0.1, -0.05) is 42.5 Å². The highest BCUT2D eigenvalue weighted by atomic mass is 16.5. The predicted octanol–water partition coefficient (Wildman–Crippen LogP) is 3.50. The molecule has 2 N–H and O–H groups in total. The number of aryl methyl sites for hydroxylation is 1. The van der Waals surface area contributed by atoms with Crippen molar-refractivity contribution in [3.05, 3.63) is 59.7 Å². The first-order valence-electron chi connectivity index (χ1n) is 10.5. The summed E-state index contributed by atoms with van der Waals surface area (Å²) >= 11 is 0. The number of hydrogen-bond donors (Lipinski definition) is 2. The first kappa shape index (κ1) is 21.8. The molecule has 1 unspecified atom stereocenters. The SMILES string of the molecule is CCOCCCNC(=NCc1nnc(C)n1C)NC(C)c1cccc2ccccc12. The topological polar surface area (TPSA) is 76.4 Å². The fraction of sp³-hybridized carbons (Fsp3) is 0.435. The number of nitrogens with one attached hydrogen (secondary N) is 2. The molecule has 3 rings (SSSR count). The van der Waals surface area contributed by atoms with E-state index in [9.17, 15) is 0 Å². The van der Waals surface area contributed by atoms with Gasteiger partial charge in [0.2, 0.25) is 0 Å². The Bertz CT molecular complexity index is 975. The van der Waals surface area contributed by atoms with Gasteiger partial charge in [0.05, 0.1) is 6.04 Å². The number of hydrogen-bond acceptors (Lipinski definition) is 4. The average Bonchev–Trinajstić information content (AvgIpc) is 3.08. The highest BCUT2D eigenvalue weighted by Gasteiger charge is 2.12. The smallest absolute Gasteiger partial charge is 0.192 e. The van der Waals surface area contributed by atoms with E-state index in [0.29, 0.717) is 6.54 Å². The average molecular weight is 409 g/mol. The molecule has 1 heterocycles. The molecule has 0 bridgehead atoms. The number of nitrogens with zero attached hydrogens (tertiary/aromatic N) is 4. The van der Waals surface area contributed by atoms with E-state index >= 15 is 0 Å². The molecule has 30 heavy (non-hydrogen) atoms. The van der Waals surface area contributed by atoms with Crippen molar-refractivity contribution in [1.29, 1.82) is 0 Å². The van der Waals surface area contributed by atoms with Crippen LogP contribution in [0.2, 0.25) is 0 Å². The van der Waals surface area contributed by atoms with Crippen LogP contribution in [0.15, 0.2) is 47.5 Å². The van der Waals surface area contributed by atoms with Crippen LogP contribution in [0.5, 0.6) is 0 Å². The number of aliphatic imine (C=N–C) groups is 1. The van der Waals surface area contributed by atoms with Gasteiger partial charge in [-0.15, -0.1) is 10.2 Å². The van der Waals surface area contributed by atoms with E-state index in [1.165, 1.54) is 16.3 Å². The van der Waals surface area contributed by atoms with Crippen LogP contribution in [-0.2, 0) is 18.3 Å². The Labute approximate surface area is 178 Å². The third-order valence-corrected chi connectivity index (χ3v) is 5.17. The molecular formula is C23H32N6O. The second-order valence-electron chi connectivity index (χ2n) is 7.30. The monoisotopic (exact) mass is 408 g/mol. The van der Waals surface area contributed by atoms with Gasteiger partial charge < -0.3 is 19.9 Å². The molecule has 2 aromatic carbocycles. The number of aromatic nitrogens is 3. The lowest BCUT2D eigenvalue weighted by Gasteiger charge is -2.20. The Morgan fingerprint density at radius 1 is 1.17 bits per heavy atom. The molecule has 0 radical (unpaired) electrons. The van der Waals surface area contributed by atoms with E-state index < -0.39 is 0 Å². The molecule has 0 aliphatic rings. The minimum absolute atomic E-state index is 0.0930. The molecular weight excluding hydrogens is 376 g/mol. The first-order valence-corrected chi connectivity index (χ1v) is 10.5. The van der Waals surface area contributed by atoms with Crippen LogP contribution in [-0.4, -0.2) is 40.5 Å². The third kappa shape index (κ3) is 5.57. The quantitative estimate of drug-likeness (QED) is 0.322. The van der Waals surface area contributed by atoms with Crippen molar-refractivity contribution in [2.45, 2.75) is 39.8 Å². The lowest BCUT2D eigenvalue weighted by Crippen LogP contribution is -2.39. The standard InChI is InChI=1S/C23H32N6O/c1-5-30-15-9-14-24-23(25-16-22-28-27-18(3)29(22)4)26-17(2)20-13-8-11-19-10-6-7-12-21(19)20/h6-8,10-13,17H,5,9,14-16H2,1-4H3,(H2,24,25,26). The highest BCUT2D eigenvalue weighted by Crippen LogP contribution is 2.23. The maximum absolute atomic E-state index is 5.44. The summed E-state index contributed by atoms with van der Waals surface area (Å²) in [4.78, 5) is 4.76. The minimum Gasteiger partial charge on any atom is -0.382 e. The Balaban J connectivity index is 1.74. The summed E-state index contributed by atoms with van der Waals surface area (Å²) < 4.78 is 7.40. The molecule has 1 aromatic heterocycles. The summed E-state index contributed by atoms with van der Waals surface area (Å²) in [6.07, 6.45) is 0.917. The van der Waals surface area contributed by atoms with Crippen molar-refractivity contribution < 1.29 is 4.74 Å². The number of benzene rings is 2. The largest absolute Gasteiger partial charge is 0.382 e. The van der Waals surface area contributed by atoms with Crippen LogP contribution in [0.3, 0.4) is 0 Å². The molecule has 0 fully saturated rings. The zero-order valence-electron chi connectivity index (χ0n) is 18.4. The van der Waals surface area contributed by atoms with E-state index in [1.54, 1.807) is 0 Å². The third-order valence-electron chi connectivity index (χ3n) is 5.17. The summed E-state index contributed by atoms with van der Waals surface area (Å²) in [6, 6.07) is 15.0. The lowest BCUT2D eigenvalue weighted by atomic mass is 10.00. The van der Waals surface area contributed by atoms with E-state index in [-0.39, 0.29) is 6.04 Å². The molecule has 160 valence electrons. The van der Waals surface area contributed by atoms with Gasteiger partial charge in [-0.25, -0.2) is 4.99 Å². The van der Waals surface area contributed by atoms with E-state index in [0.717, 1.165) is 43.8 Å². The Morgan fingerprint density at radius 3 is 2.73 bits per heavy atom. The second-order valence-corrected chi connectivity index (χ2v) is 7.30. The normalized spacial score (nSPS) is 12.9. The summed E-state index contributed by atoms with van der Waals surface area (Å²) in [5, 5.41) is 17.8. The number of fused-ring (bicyclic) bond motifs is 1. The van der Waals surface area contributed by atoms with Gasteiger partial charge >= 0.3 is 0 Å². The van der Waals surface area contributed by atoms with Crippen LogP contribution < -0.4 is 10.6 Å². The Morgan fingerprint density at radius 2 is 1.97 bits per heavy atom. The maximum Gasteiger partial charge on any atom is 0.192 e.